The maximum absolute atomic E-state index is 12.0. The summed E-state index contributed by atoms with van der Waals surface area (Å²) >= 11 is 0. The smallest absolute Gasteiger partial charge is 0.322 e. The van der Waals surface area contributed by atoms with Crippen molar-refractivity contribution in [3.63, 3.8) is 0 Å². The monoisotopic (exact) mass is 332 g/mol. The number of carbonyl (C=O) groups is 2. The fourth-order valence-corrected chi connectivity index (χ4v) is 2.18. The summed E-state index contributed by atoms with van der Waals surface area (Å²) in [6, 6.07) is 7.29. The van der Waals surface area contributed by atoms with E-state index >= 15 is 0 Å². The molecule has 1 amide bonds. The summed E-state index contributed by atoms with van der Waals surface area (Å²) in [7, 11) is 0. The van der Waals surface area contributed by atoms with Gasteiger partial charge in [0, 0.05) is 0 Å². The van der Waals surface area contributed by atoms with Crippen LogP contribution in [-0.4, -0.2) is 44.6 Å². The molecule has 2 rings (SSSR count). The van der Waals surface area contributed by atoms with Crippen LogP contribution in [-0.2, 0) is 11.2 Å². The highest BCUT2D eigenvalue weighted by molar-refractivity contribution is 5.95. The number of benzene rings is 1. The molecular weight excluding hydrogens is 312 g/mol. The van der Waals surface area contributed by atoms with Crippen LogP contribution in [0.5, 0.6) is 5.75 Å². The van der Waals surface area contributed by atoms with Gasteiger partial charge in [-0.3, -0.25) is 9.59 Å². The normalized spacial score (nSPS) is 10.7. The number of carbonyl (C=O) groups excluding carboxylic acids is 1. The molecule has 2 aromatic rings. The maximum atomic E-state index is 12.0. The Morgan fingerprint density at radius 3 is 2.50 bits per heavy atom. The van der Waals surface area contributed by atoms with Crippen molar-refractivity contribution in [1.82, 2.24) is 20.3 Å². The van der Waals surface area contributed by atoms with Gasteiger partial charge in [-0.25, -0.2) is 4.68 Å². The van der Waals surface area contributed by atoms with Crippen LogP contribution in [0.3, 0.4) is 0 Å². The number of nitrogens with zero attached hydrogens (tertiary/aromatic N) is 3. The van der Waals surface area contributed by atoms with Gasteiger partial charge in [0.1, 0.15) is 12.3 Å². The number of aliphatic carboxylic acids is 1. The average Bonchev–Trinajstić information content (AvgIpc) is 2.96. The van der Waals surface area contributed by atoms with Gasteiger partial charge < -0.3 is 15.2 Å². The molecular formula is C16H20N4O4. The van der Waals surface area contributed by atoms with E-state index in [1.165, 1.54) is 0 Å². The van der Waals surface area contributed by atoms with E-state index in [1.54, 1.807) is 4.68 Å². The Morgan fingerprint density at radius 2 is 1.96 bits per heavy atom. The molecule has 0 saturated carbocycles. The van der Waals surface area contributed by atoms with E-state index in [-0.39, 0.29) is 11.8 Å². The number of carboxylic acid groups (broad SMARTS) is 1. The predicted octanol–water partition coefficient (Wildman–Crippen LogP) is 1.43. The number of rotatable bonds is 7. The standard InChI is InChI=1S/C16H20N4O4/c1-4-13-15(16(23)17-9-14(21)22)18-19-20(13)11-5-7-12(8-6-11)24-10(2)3/h5-8,10H,4,9H2,1-3H3,(H,17,23)(H,21,22). The summed E-state index contributed by atoms with van der Waals surface area (Å²) < 4.78 is 7.16. The molecule has 0 atom stereocenters. The lowest BCUT2D eigenvalue weighted by Crippen LogP contribution is -2.30. The van der Waals surface area contributed by atoms with Crippen LogP contribution in [0.25, 0.3) is 5.69 Å². The van der Waals surface area contributed by atoms with Gasteiger partial charge in [0.05, 0.1) is 17.5 Å². The fraction of sp³-hybridized carbons (Fsp3) is 0.375. The third-order valence-electron chi connectivity index (χ3n) is 3.17. The van der Waals surface area contributed by atoms with Crippen molar-refractivity contribution >= 4 is 11.9 Å². The second-order valence-corrected chi connectivity index (χ2v) is 5.39. The Balaban J connectivity index is 2.25. The molecule has 1 aromatic heterocycles. The first kappa shape index (κ1) is 17.5. The molecule has 1 aromatic carbocycles. The summed E-state index contributed by atoms with van der Waals surface area (Å²) in [5, 5.41) is 18.8. The highest BCUT2D eigenvalue weighted by atomic mass is 16.5. The summed E-state index contributed by atoms with van der Waals surface area (Å²) in [4.78, 5) is 22.6. The quantitative estimate of drug-likeness (QED) is 0.794. The van der Waals surface area contributed by atoms with Crippen LogP contribution in [0.2, 0.25) is 0 Å². The first-order valence-electron chi connectivity index (χ1n) is 7.64. The zero-order chi connectivity index (χ0) is 17.7. The number of carboxylic acids is 1. The number of amides is 1. The highest BCUT2D eigenvalue weighted by Crippen LogP contribution is 2.18. The number of nitrogens with one attached hydrogen (secondary N) is 1. The van der Waals surface area contributed by atoms with Crippen molar-refractivity contribution in [2.24, 2.45) is 0 Å². The summed E-state index contributed by atoms with van der Waals surface area (Å²) in [6.45, 7) is 5.31. The predicted molar refractivity (Wildman–Crippen MR) is 86.5 cm³/mol. The van der Waals surface area contributed by atoms with Gasteiger partial charge in [0.2, 0.25) is 0 Å². The third-order valence-corrected chi connectivity index (χ3v) is 3.17. The van der Waals surface area contributed by atoms with Crippen molar-refractivity contribution in [3.05, 3.63) is 35.7 Å². The fourth-order valence-electron chi connectivity index (χ4n) is 2.18. The summed E-state index contributed by atoms with van der Waals surface area (Å²) in [5.74, 6) is -0.930. The maximum Gasteiger partial charge on any atom is 0.322 e. The van der Waals surface area contributed by atoms with Crippen molar-refractivity contribution in [2.75, 3.05) is 6.54 Å². The van der Waals surface area contributed by atoms with Crippen LogP contribution in [0.4, 0.5) is 0 Å². The Morgan fingerprint density at radius 1 is 1.29 bits per heavy atom. The van der Waals surface area contributed by atoms with E-state index < -0.39 is 18.4 Å². The first-order chi connectivity index (χ1) is 11.4. The first-order valence-corrected chi connectivity index (χ1v) is 7.64. The van der Waals surface area contributed by atoms with Gasteiger partial charge in [-0.2, -0.15) is 0 Å². The molecule has 0 aliphatic heterocycles. The van der Waals surface area contributed by atoms with Crippen molar-refractivity contribution in [3.8, 4) is 11.4 Å². The minimum absolute atomic E-state index is 0.0814. The molecule has 24 heavy (non-hydrogen) atoms. The van der Waals surface area contributed by atoms with Crippen molar-refractivity contribution in [1.29, 1.82) is 0 Å². The number of aromatic nitrogens is 3. The number of ether oxygens (including phenoxy) is 1. The van der Waals surface area contributed by atoms with Gasteiger partial charge in [-0.15, -0.1) is 5.10 Å². The molecule has 2 N–H and O–H groups in total. The van der Waals surface area contributed by atoms with E-state index in [0.29, 0.717) is 12.1 Å². The van der Waals surface area contributed by atoms with Crippen LogP contribution < -0.4 is 10.1 Å². The van der Waals surface area contributed by atoms with Crippen molar-refractivity contribution < 1.29 is 19.4 Å². The lowest BCUT2D eigenvalue weighted by atomic mass is 10.2. The molecule has 0 radical (unpaired) electrons. The zero-order valence-corrected chi connectivity index (χ0v) is 13.8. The molecule has 0 spiro atoms. The Kier molecular flexibility index (Phi) is 5.51. The van der Waals surface area contributed by atoms with Gasteiger partial charge in [0.15, 0.2) is 5.69 Å². The van der Waals surface area contributed by atoms with Crippen LogP contribution >= 0.6 is 0 Å². The molecule has 128 valence electrons. The largest absolute Gasteiger partial charge is 0.491 e. The molecule has 0 aliphatic carbocycles. The lowest BCUT2D eigenvalue weighted by molar-refractivity contribution is -0.135. The summed E-state index contributed by atoms with van der Waals surface area (Å²) in [5.41, 5.74) is 1.48. The SMILES string of the molecule is CCc1c(C(=O)NCC(=O)O)nnn1-c1ccc(OC(C)C)cc1. The molecule has 8 nitrogen and oxygen atoms in total. The van der Waals surface area contributed by atoms with Gasteiger partial charge in [-0.05, 0) is 44.5 Å². The van der Waals surface area contributed by atoms with Gasteiger partial charge in [0.25, 0.3) is 5.91 Å². The van der Waals surface area contributed by atoms with Crippen molar-refractivity contribution in [2.45, 2.75) is 33.3 Å². The molecule has 0 fully saturated rings. The van der Waals surface area contributed by atoms with E-state index in [2.05, 4.69) is 15.6 Å². The average molecular weight is 332 g/mol. The van der Waals surface area contributed by atoms with E-state index in [4.69, 9.17) is 9.84 Å². The molecule has 0 saturated heterocycles. The molecule has 1 heterocycles. The molecule has 0 unspecified atom stereocenters. The minimum Gasteiger partial charge on any atom is -0.491 e. The van der Waals surface area contributed by atoms with E-state index in [9.17, 15) is 9.59 Å². The van der Waals surface area contributed by atoms with Gasteiger partial charge in [-0.1, -0.05) is 12.1 Å². The van der Waals surface area contributed by atoms with E-state index in [1.807, 2.05) is 45.0 Å². The Bertz CT molecular complexity index is 722. The number of hydrogen-bond acceptors (Lipinski definition) is 5. The Labute approximate surface area is 139 Å². The molecule has 0 bridgehead atoms. The lowest BCUT2D eigenvalue weighted by Gasteiger charge is -2.11. The van der Waals surface area contributed by atoms with Gasteiger partial charge >= 0.3 is 5.97 Å². The molecule has 8 heteroatoms. The second-order valence-electron chi connectivity index (χ2n) is 5.39. The second kappa shape index (κ2) is 7.58. The van der Waals surface area contributed by atoms with Crippen LogP contribution in [0.1, 0.15) is 37.0 Å². The van der Waals surface area contributed by atoms with Crippen LogP contribution in [0.15, 0.2) is 24.3 Å². The van der Waals surface area contributed by atoms with Crippen LogP contribution in [0, 0.1) is 0 Å². The third kappa shape index (κ3) is 4.09. The number of hydrogen-bond donors (Lipinski definition) is 2. The zero-order valence-electron chi connectivity index (χ0n) is 13.8. The topological polar surface area (TPSA) is 106 Å². The molecule has 0 aliphatic rings. The summed E-state index contributed by atoms with van der Waals surface area (Å²) in [6.07, 6.45) is 0.602. The highest BCUT2D eigenvalue weighted by Gasteiger charge is 2.19. The van der Waals surface area contributed by atoms with E-state index in [0.717, 1.165) is 11.4 Å². The Hall–Kier alpha value is -2.90. The minimum atomic E-state index is -1.12.